The summed E-state index contributed by atoms with van der Waals surface area (Å²) in [7, 11) is 0. The van der Waals surface area contributed by atoms with E-state index in [4.69, 9.17) is 4.74 Å². The largest absolute Gasteiger partial charge is 0.381 e. The summed E-state index contributed by atoms with van der Waals surface area (Å²) in [4.78, 5) is 13.6. The van der Waals surface area contributed by atoms with Gasteiger partial charge in [0, 0.05) is 54.7 Å². The fraction of sp³-hybridized carbons (Fsp3) is 0.261. The minimum Gasteiger partial charge on any atom is -0.381 e. The van der Waals surface area contributed by atoms with E-state index in [0.717, 1.165) is 59.7 Å². The van der Waals surface area contributed by atoms with Gasteiger partial charge in [-0.3, -0.25) is 4.98 Å². The molecule has 0 saturated carbocycles. The van der Waals surface area contributed by atoms with Crippen LogP contribution in [0.15, 0.2) is 61.3 Å². The van der Waals surface area contributed by atoms with Crippen molar-refractivity contribution < 1.29 is 4.74 Å². The highest BCUT2D eigenvalue weighted by Crippen LogP contribution is 2.35. The van der Waals surface area contributed by atoms with E-state index >= 15 is 0 Å². The lowest BCUT2D eigenvalue weighted by atomic mass is 10.1. The molecule has 1 aliphatic heterocycles. The molecule has 0 unspecified atom stereocenters. The molecule has 1 saturated heterocycles. The number of fused-ring (bicyclic) bond motifs is 1. The van der Waals surface area contributed by atoms with Crippen LogP contribution in [0.25, 0.3) is 27.8 Å². The molecule has 0 atom stereocenters. The van der Waals surface area contributed by atoms with Crippen molar-refractivity contribution in [2.75, 3.05) is 18.5 Å². The number of pyridine rings is 1. The van der Waals surface area contributed by atoms with Crippen molar-refractivity contribution in [2.45, 2.75) is 25.8 Å². The Morgan fingerprint density at radius 3 is 2.79 bits per heavy atom. The fourth-order valence-electron chi connectivity index (χ4n) is 3.92. The van der Waals surface area contributed by atoms with Gasteiger partial charge in [-0.25, -0.2) is 9.97 Å². The van der Waals surface area contributed by atoms with E-state index in [1.807, 2.05) is 12.3 Å². The molecule has 3 aromatic heterocycles. The number of rotatable bonds is 4. The zero-order valence-electron chi connectivity index (χ0n) is 16.4. The zero-order valence-corrected chi connectivity index (χ0v) is 16.4. The van der Waals surface area contributed by atoms with E-state index in [1.165, 1.54) is 5.56 Å². The number of ether oxygens (including phenoxy) is 1. The number of anilines is 1. The summed E-state index contributed by atoms with van der Waals surface area (Å²) in [5.41, 5.74) is 5.31. The first kappa shape index (κ1) is 17.8. The molecule has 1 aromatic carbocycles. The Morgan fingerprint density at radius 2 is 2.00 bits per heavy atom. The molecule has 6 heteroatoms. The summed E-state index contributed by atoms with van der Waals surface area (Å²) in [5.74, 6) is 0.868. The maximum atomic E-state index is 5.51. The Kier molecular flexibility index (Phi) is 4.69. The molecule has 0 amide bonds. The van der Waals surface area contributed by atoms with Crippen LogP contribution >= 0.6 is 0 Å². The van der Waals surface area contributed by atoms with Crippen molar-refractivity contribution >= 4 is 16.9 Å². The first-order valence-corrected chi connectivity index (χ1v) is 9.97. The van der Waals surface area contributed by atoms with Crippen LogP contribution in [0.3, 0.4) is 0 Å². The molecular weight excluding hydrogens is 362 g/mol. The third-order valence-corrected chi connectivity index (χ3v) is 5.40. The highest BCUT2D eigenvalue weighted by Gasteiger charge is 2.20. The van der Waals surface area contributed by atoms with Crippen LogP contribution in [0.1, 0.15) is 18.4 Å². The molecule has 1 fully saturated rings. The summed E-state index contributed by atoms with van der Waals surface area (Å²) in [5, 5.41) is 4.67. The number of hydrogen-bond donors (Lipinski definition) is 1. The predicted octanol–water partition coefficient (Wildman–Crippen LogP) is 4.38. The third-order valence-electron chi connectivity index (χ3n) is 5.40. The second-order valence-corrected chi connectivity index (χ2v) is 7.45. The predicted molar refractivity (Wildman–Crippen MR) is 114 cm³/mol. The molecule has 0 spiro atoms. The van der Waals surface area contributed by atoms with Crippen molar-refractivity contribution in [3.8, 4) is 16.8 Å². The van der Waals surface area contributed by atoms with Crippen LogP contribution < -0.4 is 5.32 Å². The molecule has 4 heterocycles. The average molecular weight is 385 g/mol. The van der Waals surface area contributed by atoms with Gasteiger partial charge in [0.2, 0.25) is 0 Å². The van der Waals surface area contributed by atoms with E-state index in [0.29, 0.717) is 6.04 Å². The van der Waals surface area contributed by atoms with Gasteiger partial charge in [-0.1, -0.05) is 18.2 Å². The first-order chi connectivity index (χ1) is 14.3. The standard InChI is InChI=1S/C23H23N5O/c1-16-4-2-6-19(12-16)28-14-20(17-5-3-9-24-13-17)21-22(25-15-26-23(21)28)27-18-7-10-29-11-8-18/h2-6,9,12-15,18H,7-8,10-11H2,1H3,(H,25,26,27). The Bertz CT molecular complexity index is 1130. The van der Waals surface area contributed by atoms with Crippen molar-refractivity contribution in [3.05, 3.63) is 66.9 Å². The van der Waals surface area contributed by atoms with Crippen LogP contribution in [-0.2, 0) is 4.74 Å². The third kappa shape index (κ3) is 3.47. The Balaban J connectivity index is 1.70. The lowest BCUT2D eigenvalue weighted by Gasteiger charge is -2.24. The molecule has 29 heavy (non-hydrogen) atoms. The van der Waals surface area contributed by atoms with E-state index in [-0.39, 0.29) is 0 Å². The lowest BCUT2D eigenvalue weighted by molar-refractivity contribution is 0.0904. The summed E-state index contributed by atoms with van der Waals surface area (Å²) < 4.78 is 7.65. The Labute approximate surface area is 169 Å². The second-order valence-electron chi connectivity index (χ2n) is 7.45. The molecule has 6 nitrogen and oxygen atoms in total. The summed E-state index contributed by atoms with van der Waals surface area (Å²) in [6.07, 6.45) is 9.42. The van der Waals surface area contributed by atoms with E-state index in [1.54, 1.807) is 12.5 Å². The smallest absolute Gasteiger partial charge is 0.150 e. The summed E-state index contributed by atoms with van der Waals surface area (Å²) in [6.45, 7) is 3.67. The monoisotopic (exact) mass is 385 g/mol. The fourth-order valence-corrected chi connectivity index (χ4v) is 3.92. The maximum absolute atomic E-state index is 5.51. The molecule has 5 rings (SSSR count). The van der Waals surface area contributed by atoms with Crippen LogP contribution in [-0.4, -0.2) is 38.8 Å². The quantitative estimate of drug-likeness (QED) is 0.565. The summed E-state index contributed by atoms with van der Waals surface area (Å²) >= 11 is 0. The average Bonchev–Trinajstić information content (AvgIpc) is 3.16. The van der Waals surface area contributed by atoms with Gasteiger partial charge in [0.15, 0.2) is 5.65 Å². The minimum absolute atomic E-state index is 0.353. The number of aryl methyl sites for hydroxylation is 1. The SMILES string of the molecule is Cc1cccc(-n2cc(-c3cccnc3)c3c(NC4CCOCC4)ncnc32)c1. The van der Waals surface area contributed by atoms with E-state index in [9.17, 15) is 0 Å². The number of nitrogens with zero attached hydrogens (tertiary/aromatic N) is 4. The van der Waals surface area contributed by atoms with Gasteiger partial charge in [-0.15, -0.1) is 0 Å². The highest BCUT2D eigenvalue weighted by molar-refractivity contribution is 6.02. The lowest BCUT2D eigenvalue weighted by Crippen LogP contribution is -2.28. The number of aromatic nitrogens is 4. The Hall–Kier alpha value is -3.25. The number of benzene rings is 1. The molecule has 1 aliphatic rings. The number of hydrogen-bond acceptors (Lipinski definition) is 5. The van der Waals surface area contributed by atoms with Crippen LogP contribution in [0, 0.1) is 6.92 Å². The van der Waals surface area contributed by atoms with Gasteiger partial charge >= 0.3 is 0 Å². The van der Waals surface area contributed by atoms with Crippen LogP contribution in [0.5, 0.6) is 0 Å². The van der Waals surface area contributed by atoms with Crippen molar-refractivity contribution in [1.29, 1.82) is 0 Å². The van der Waals surface area contributed by atoms with Gasteiger partial charge < -0.3 is 14.6 Å². The highest BCUT2D eigenvalue weighted by atomic mass is 16.5. The summed E-state index contributed by atoms with van der Waals surface area (Å²) in [6, 6.07) is 12.8. The minimum atomic E-state index is 0.353. The molecular formula is C23H23N5O. The van der Waals surface area contributed by atoms with Gasteiger partial charge in [-0.2, -0.15) is 0 Å². The Morgan fingerprint density at radius 1 is 1.10 bits per heavy atom. The maximum Gasteiger partial charge on any atom is 0.150 e. The van der Waals surface area contributed by atoms with Crippen molar-refractivity contribution in [3.63, 3.8) is 0 Å². The molecule has 0 bridgehead atoms. The van der Waals surface area contributed by atoms with Gasteiger partial charge in [0.05, 0.1) is 5.39 Å². The molecule has 146 valence electrons. The number of nitrogens with one attached hydrogen (secondary N) is 1. The van der Waals surface area contributed by atoms with Gasteiger partial charge in [0.1, 0.15) is 12.1 Å². The van der Waals surface area contributed by atoms with Gasteiger partial charge in [0.25, 0.3) is 0 Å². The second kappa shape index (κ2) is 7.64. The van der Waals surface area contributed by atoms with Gasteiger partial charge in [-0.05, 0) is 43.5 Å². The molecule has 1 N–H and O–H groups in total. The van der Waals surface area contributed by atoms with E-state index < -0.39 is 0 Å². The van der Waals surface area contributed by atoms with Crippen molar-refractivity contribution in [2.24, 2.45) is 0 Å². The normalized spacial score (nSPS) is 14.9. The molecule has 0 radical (unpaired) electrons. The first-order valence-electron chi connectivity index (χ1n) is 9.97. The molecule has 0 aliphatic carbocycles. The zero-order chi connectivity index (χ0) is 19.6. The molecule has 4 aromatic rings. The van der Waals surface area contributed by atoms with Crippen LogP contribution in [0.2, 0.25) is 0 Å². The van der Waals surface area contributed by atoms with Crippen molar-refractivity contribution in [1.82, 2.24) is 19.5 Å². The van der Waals surface area contributed by atoms with Crippen LogP contribution in [0.4, 0.5) is 5.82 Å². The topological polar surface area (TPSA) is 64.9 Å². The van der Waals surface area contributed by atoms with E-state index in [2.05, 4.69) is 68.3 Å².